The van der Waals surface area contributed by atoms with Crippen LogP contribution in [0.2, 0.25) is 0 Å². The third-order valence-corrected chi connectivity index (χ3v) is 11.1. The molecule has 0 bridgehead atoms. The predicted octanol–water partition coefficient (Wildman–Crippen LogP) is 7.54. The molecule has 3 aliphatic rings. The maximum absolute atomic E-state index is 13.7. The maximum atomic E-state index is 13.7. The SMILES string of the molecule is COC(=O)c1c(NC(=O)C(C)Sc2cccc(NC(=O)N3c4ccccc4SC4C=CC=CC43)c2)sc2c1CCCC2. The van der Waals surface area contributed by atoms with Gasteiger partial charge in [-0.15, -0.1) is 34.9 Å². The first-order valence-corrected chi connectivity index (χ1v) is 16.5. The van der Waals surface area contributed by atoms with Crippen molar-refractivity contribution in [1.82, 2.24) is 0 Å². The maximum Gasteiger partial charge on any atom is 0.341 e. The lowest BCUT2D eigenvalue weighted by molar-refractivity contribution is -0.115. The van der Waals surface area contributed by atoms with Gasteiger partial charge in [-0.05, 0) is 68.5 Å². The van der Waals surface area contributed by atoms with Crippen molar-refractivity contribution in [3.63, 3.8) is 0 Å². The zero-order valence-corrected chi connectivity index (χ0v) is 25.7. The van der Waals surface area contributed by atoms with E-state index in [4.69, 9.17) is 4.74 Å². The summed E-state index contributed by atoms with van der Waals surface area (Å²) in [6.07, 6.45) is 12.1. The highest BCUT2D eigenvalue weighted by molar-refractivity contribution is 8.00. The Morgan fingerprint density at radius 3 is 2.69 bits per heavy atom. The van der Waals surface area contributed by atoms with E-state index in [2.05, 4.69) is 22.8 Å². The van der Waals surface area contributed by atoms with E-state index in [1.54, 1.807) is 11.8 Å². The number of rotatable bonds is 6. The van der Waals surface area contributed by atoms with Gasteiger partial charge in [0.1, 0.15) is 5.00 Å². The highest BCUT2D eigenvalue weighted by atomic mass is 32.2. The molecule has 7 nitrogen and oxygen atoms in total. The van der Waals surface area contributed by atoms with Crippen LogP contribution in [0.1, 0.15) is 40.6 Å². The number of nitrogens with one attached hydrogen (secondary N) is 2. The Kier molecular flexibility index (Phi) is 8.46. The Hall–Kier alpha value is -3.47. The third-order valence-electron chi connectivity index (χ3n) is 7.53. The number of methoxy groups -OCH3 is 1. The van der Waals surface area contributed by atoms with Gasteiger partial charge in [0, 0.05) is 20.4 Å². The Labute approximate surface area is 257 Å². The number of carbonyl (C=O) groups is 3. The molecule has 0 spiro atoms. The fourth-order valence-corrected chi connectivity index (χ4v) is 8.96. The van der Waals surface area contributed by atoms with E-state index in [0.717, 1.165) is 51.6 Å². The summed E-state index contributed by atoms with van der Waals surface area (Å²) in [5, 5.41) is 6.35. The number of aryl methyl sites for hydroxylation is 1. The number of anilines is 3. The van der Waals surface area contributed by atoms with Crippen LogP contribution in [0.3, 0.4) is 0 Å². The van der Waals surface area contributed by atoms with Crippen molar-refractivity contribution in [3.8, 4) is 0 Å². The second-order valence-corrected chi connectivity index (χ2v) is 14.0. The van der Waals surface area contributed by atoms with Crippen LogP contribution in [0.5, 0.6) is 0 Å². The molecule has 0 fully saturated rings. The van der Waals surface area contributed by atoms with E-state index in [0.29, 0.717) is 16.3 Å². The fraction of sp³-hybridized carbons (Fsp3) is 0.281. The summed E-state index contributed by atoms with van der Waals surface area (Å²) in [7, 11) is 1.37. The first-order chi connectivity index (χ1) is 20.4. The molecule has 0 radical (unpaired) electrons. The second-order valence-electron chi connectivity index (χ2n) is 10.3. The van der Waals surface area contributed by atoms with Crippen LogP contribution in [0, 0.1) is 0 Å². The van der Waals surface area contributed by atoms with Crippen molar-refractivity contribution < 1.29 is 19.1 Å². The standard InChI is InChI=1S/C32H31N3O4S3/c1-19(29(36)34-30-28(31(37)39-2)22-12-3-6-15-25(22)42-30)40-21-11-9-10-20(18-21)33-32(38)35-23-13-4-7-16-26(23)41-27-17-8-5-14-24(27)35/h4-5,7-11,13-14,16-19,23,26H,3,6,12,15H2,1-2H3,(H,33,38)(H,34,36). The molecule has 6 rings (SSSR count). The molecule has 1 aliphatic heterocycles. The van der Waals surface area contributed by atoms with E-state index in [1.165, 1.54) is 30.2 Å². The number of hydrogen-bond donors (Lipinski definition) is 2. The molecule has 10 heteroatoms. The van der Waals surface area contributed by atoms with Gasteiger partial charge in [0.05, 0.1) is 34.9 Å². The van der Waals surface area contributed by atoms with Crippen molar-refractivity contribution in [2.24, 2.45) is 0 Å². The molecule has 2 aliphatic carbocycles. The summed E-state index contributed by atoms with van der Waals surface area (Å²) in [4.78, 5) is 44.4. The quantitative estimate of drug-likeness (QED) is 0.220. The van der Waals surface area contributed by atoms with Gasteiger partial charge in [-0.25, -0.2) is 9.59 Å². The molecule has 2 aromatic carbocycles. The van der Waals surface area contributed by atoms with Gasteiger partial charge in [-0.3, -0.25) is 9.69 Å². The molecule has 3 amide bonds. The van der Waals surface area contributed by atoms with Crippen LogP contribution < -0.4 is 15.5 Å². The van der Waals surface area contributed by atoms with Crippen molar-refractivity contribution in [2.45, 2.75) is 58.9 Å². The molecule has 3 unspecified atom stereocenters. The average molecular weight is 618 g/mol. The first kappa shape index (κ1) is 28.6. The molecule has 3 atom stereocenters. The lowest BCUT2D eigenvalue weighted by Crippen LogP contribution is -2.49. The molecule has 2 heterocycles. The Morgan fingerprint density at radius 1 is 1.02 bits per heavy atom. The van der Waals surface area contributed by atoms with E-state index < -0.39 is 11.2 Å². The van der Waals surface area contributed by atoms with Crippen LogP contribution in [0.15, 0.2) is 82.6 Å². The largest absolute Gasteiger partial charge is 0.465 e. The zero-order valence-electron chi connectivity index (χ0n) is 23.3. The van der Waals surface area contributed by atoms with Crippen molar-refractivity contribution in [2.75, 3.05) is 22.6 Å². The normalized spacial score (nSPS) is 19.2. The summed E-state index contributed by atoms with van der Waals surface area (Å²) < 4.78 is 5.04. The number of fused-ring (bicyclic) bond motifs is 3. The van der Waals surface area contributed by atoms with E-state index in [-0.39, 0.29) is 23.2 Å². The molecule has 0 saturated heterocycles. The monoisotopic (exact) mass is 617 g/mol. The van der Waals surface area contributed by atoms with Gasteiger partial charge in [-0.1, -0.05) is 42.5 Å². The van der Waals surface area contributed by atoms with E-state index in [1.807, 2.05) is 72.5 Å². The average Bonchev–Trinajstić information content (AvgIpc) is 3.37. The van der Waals surface area contributed by atoms with Crippen molar-refractivity contribution in [3.05, 3.63) is 88.8 Å². The molecular formula is C32H31N3O4S3. The number of hydrogen-bond acceptors (Lipinski definition) is 7. The number of allylic oxidation sites excluding steroid dienone is 2. The van der Waals surface area contributed by atoms with Crippen LogP contribution in [-0.2, 0) is 22.4 Å². The number of carbonyl (C=O) groups excluding carboxylic acids is 3. The minimum atomic E-state index is -0.438. The van der Waals surface area contributed by atoms with Gasteiger partial charge >= 0.3 is 12.0 Å². The molecule has 2 N–H and O–H groups in total. The lowest BCUT2D eigenvalue weighted by atomic mass is 9.95. The minimum Gasteiger partial charge on any atom is -0.465 e. The number of benzene rings is 2. The molecular weight excluding hydrogens is 587 g/mol. The lowest BCUT2D eigenvalue weighted by Gasteiger charge is -2.40. The van der Waals surface area contributed by atoms with Gasteiger partial charge in [0.15, 0.2) is 0 Å². The van der Waals surface area contributed by atoms with Gasteiger partial charge in [0.2, 0.25) is 5.91 Å². The van der Waals surface area contributed by atoms with Crippen LogP contribution >= 0.6 is 34.9 Å². The zero-order chi connectivity index (χ0) is 29.2. The number of esters is 1. The Bertz CT molecular complexity index is 1600. The summed E-state index contributed by atoms with van der Waals surface area (Å²) >= 11 is 4.64. The number of amides is 3. The van der Waals surface area contributed by atoms with Crippen LogP contribution in [0.4, 0.5) is 21.2 Å². The van der Waals surface area contributed by atoms with Crippen LogP contribution in [0.25, 0.3) is 0 Å². The van der Waals surface area contributed by atoms with Crippen LogP contribution in [-0.4, -0.2) is 41.6 Å². The molecule has 3 aromatic rings. The van der Waals surface area contributed by atoms with E-state index >= 15 is 0 Å². The number of para-hydroxylation sites is 1. The predicted molar refractivity (Wildman–Crippen MR) is 172 cm³/mol. The third kappa shape index (κ3) is 5.75. The Balaban J connectivity index is 1.15. The topological polar surface area (TPSA) is 87.7 Å². The van der Waals surface area contributed by atoms with Gasteiger partial charge in [0.25, 0.3) is 0 Å². The second kappa shape index (κ2) is 12.4. The summed E-state index contributed by atoms with van der Waals surface area (Å²) in [5.41, 5.74) is 3.05. The highest BCUT2D eigenvalue weighted by Gasteiger charge is 2.36. The molecule has 0 saturated carbocycles. The number of thioether (sulfide) groups is 2. The molecule has 1 aromatic heterocycles. The summed E-state index contributed by atoms with van der Waals surface area (Å²) in [5.74, 6) is -0.599. The molecule has 216 valence electrons. The van der Waals surface area contributed by atoms with Gasteiger partial charge < -0.3 is 15.4 Å². The number of nitrogens with zero attached hydrogens (tertiary/aromatic N) is 1. The summed E-state index contributed by atoms with van der Waals surface area (Å²) in [6, 6.07) is 15.2. The van der Waals surface area contributed by atoms with E-state index in [9.17, 15) is 14.4 Å². The first-order valence-electron chi connectivity index (χ1n) is 13.9. The number of urea groups is 1. The van der Waals surface area contributed by atoms with Gasteiger partial charge in [-0.2, -0.15) is 0 Å². The smallest absolute Gasteiger partial charge is 0.341 e. The number of thiophene rings is 1. The fourth-order valence-electron chi connectivity index (χ4n) is 5.50. The van der Waals surface area contributed by atoms with Crippen molar-refractivity contribution in [1.29, 1.82) is 0 Å². The molecule has 42 heavy (non-hydrogen) atoms. The minimum absolute atomic E-state index is 0.0889. The summed E-state index contributed by atoms with van der Waals surface area (Å²) in [6.45, 7) is 1.84. The highest BCUT2D eigenvalue weighted by Crippen LogP contribution is 2.44. The number of ether oxygens (including phenoxy) is 1. The Morgan fingerprint density at radius 2 is 1.83 bits per heavy atom. The van der Waals surface area contributed by atoms with Crippen molar-refractivity contribution >= 4 is 69.1 Å².